The Kier molecular flexibility index (Phi) is 7.30. The van der Waals surface area contributed by atoms with Gasteiger partial charge in [0.1, 0.15) is 11.5 Å². The van der Waals surface area contributed by atoms with Crippen LogP contribution in [0.4, 0.5) is 11.4 Å². The highest BCUT2D eigenvalue weighted by Crippen LogP contribution is 2.28. The van der Waals surface area contributed by atoms with Crippen LogP contribution in [-0.2, 0) is 14.1 Å². The van der Waals surface area contributed by atoms with Crippen LogP contribution in [0.5, 0.6) is 11.5 Å². The molecule has 0 atom stereocenters. The molecule has 208 valence electrons. The second-order valence-corrected chi connectivity index (χ2v) is 9.49. The number of nitrogens with zero attached hydrogens (tertiary/aromatic N) is 6. The van der Waals surface area contributed by atoms with E-state index in [1.165, 1.54) is 28.9 Å². The Morgan fingerprint density at radius 1 is 0.707 bits per heavy atom. The molecule has 3 aromatic carbocycles. The van der Waals surface area contributed by atoms with E-state index in [4.69, 9.17) is 4.74 Å². The van der Waals surface area contributed by atoms with Crippen molar-refractivity contribution < 1.29 is 9.84 Å². The minimum atomic E-state index is -0.286. The molecule has 0 aliphatic carbocycles. The SMILES string of the molecule is COc1cc(C=Nc2c(C)n(C)n(-c3ccccc3)c2=O)c(O)c(C=Nc2c(C)n(C)n(-c3ccccc3)c2=O)c1. The number of hydrogen-bond donors (Lipinski definition) is 1. The molecule has 0 amide bonds. The lowest BCUT2D eigenvalue weighted by molar-refractivity contribution is 0.412. The Balaban J connectivity index is 1.53. The number of hydrogen-bond acceptors (Lipinski definition) is 6. The van der Waals surface area contributed by atoms with Crippen LogP contribution in [0.3, 0.4) is 0 Å². The molecule has 5 aromatic rings. The van der Waals surface area contributed by atoms with Crippen molar-refractivity contribution in [3.63, 3.8) is 0 Å². The van der Waals surface area contributed by atoms with E-state index >= 15 is 0 Å². The minimum Gasteiger partial charge on any atom is -0.507 e. The molecular weight excluding hydrogens is 520 g/mol. The van der Waals surface area contributed by atoms with Crippen LogP contribution in [0.1, 0.15) is 22.5 Å². The fourth-order valence-corrected chi connectivity index (χ4v) is 4.64. The van der Waals surface area contributed by atoms with Crippen molar-refractivity contribution in [1.29, 1.82) is 0 Å². The van der Waals surface area contributed by atoms with E-state index in [9.17, 15) is 14.7 Å². The summed E-state index contributed by atoms with van der Waals surface area (Å²) in [4.78, 5) is 35.4. The lowest BCUT2D eigenvalue weighted by Crippen LogP contribution is -2.19. The van der Waals surface area contributed by atoms with Gasteiger partial charge in [0.2, 0.25) is 0 Å². The zero-order valence-corrected chi connectivity index (χ0v) is 23.4. The van der Waals surface area contributed by atoms with Crippen molar-refractivity contribution in [3.05, 3.63) is 116 Å². The Bertz CT molecular complexity index is 1770. The van der Waals surface area contributed by atoms with Gasteiger partial charge in [0, 0.05) is 37.7 Å². The molecule has 1 N–H and O–H groups in total. The number of aliphatic imine (C=N–C) groups is 2. The van der Waals surface area contributed by atoms with Gasteiger partial charge < -0.3 is 9.84 Å². The van der Waals surface area contributed by atoms with Crippen LogP contribution in [0.25, 0.3) is 11.4 Å². The van der Waals surface area contributed by atoms with E-state index in [-0.39, 0.29) is 28.2 Å². The zero-order valence-electron chi connectivity index (χ0n) is 23.4. The maximum atomic E-state index is 13.2. The number of phenols is 1. The van der Waals surface area contributed by atoms with E-state index in [1.54, 1.807) is 49.4 Å². The van der Waals surface area contributed by atoms with Gasteiger partial charge in [0.05, 0.1) is 29.9 Å². The first kappa shape index (κ1) is 27.2. The van der Waals surface area contributed by atoms with Crippen LogP contribution in [0, 0.1) is 13.8 Å². The van der Waals surface area contributed by atoms with E-state index in [2.05, 4.69) is 9.98 Å². The van der Waals surface area contributed by atoms with Crippen LogP contribution < -0.4 is 15.9 Å². The third-order valence-corrected chi connectivity index (χ3v) is 7.09. The second-order valence-electron chi connectivity index (χ2n) is 9.49. The number of methoxy groups -OCH3 is 1. The number of para-hydroxylation sites is 2. The molecule has 0 bridgehead atoms. The molecule has 0 aliphatic heterocycles. The van der Waals surface area contributed by atoms with Crippen molar-refractivity contribution in [1.82, 2.24) is 18.7 Å². The molecule has 41 heavy (non-hydrogen) atoms. The number of phenolic OH excluding ortho intramolecular Hbond substituents is 1. The third-order valence-electron chi connectivity index (χ3n) is 7.09. The second kappa shape index (κ2) is 11.0. The summed E-state index contributed by atoms with van der Waals surface area (Å²) in [5.41, 5.74) is 3.33. The summed E-state index contributed by atoms with van der Waals surface area (Å²) in [5.74, 6) is 0.330. The molecule has 0 spiro atoms. The summed E-state index contributed by atoms with van der Waals surface area (Å²) in [7, 11) is 5.09. The molecular formula is C31H30N6O4. The highest BCUT2D eigenvalue weighted by Gasteiger charge is 2.17. The smallest absolute Gasteiger partial charge is 0.297 e. The fraction of sp³-hybridized carbons (Fsp3) is 0.161. The van der Waals surface area contributed by atoms with Gasteiger partial charge in [-0.3, -0.25) is 19.0 Å². The van der Waals surface area contributed by atoms with Crippen molar-refractivity contribution in [3.8, 4) is 22.9 Å². The molecule has 0 unspecified atom stereocenters. The zero-order chi connectivity index (χ0) is 29.3. The molecule has 2 aromatic heterocycles. The quantitative estimate of drug-likeness (QED) is 0.301. The summed E-state index contributed by atoms with van der Waals surface area (Å²) >= 11 is 0. The fourth-order valence-electron chi connectivity index (χ4n) is 4.64. The summed E-state index contributed by atoms with van der Waals surface area (Å²) in [6, 6.07) is 21.8. The van der Waals surface area contributed by atoms with Gasteiger partial charge in [0.15, 0.2) is 11.4 Å². The Morgan fingerprint density at radius 3 is 1.46 bits per heavy atom. The molecule has 10 heteroatoms. The van der Waals surface area contributed by atoms with Gasteiger partial charge in [-0.15, -0.1) is 0 Å². The Labute approximate surface area is 236 Å². The summed E-state index contributed by atoms with van der Waals surface area (Å²) in [5, 5.41) is 11.1. The largest absolute Gasteiger partial charge is 0.507 e. The number of rotatable bonds is 7. The average Bonchev–Trinajstić information content (AvgIpc) is 3.33. The highest BCUT2D eigenvalue weighted by atomic mass is 16.5. The number of aromatic nitrogens is 4. The Morgan fingerprint density at radius 2 is 1.10 bits per heavy atom. The standard InChI is InChI=1S/C31H30N6O4/c1-20-27(30(39)36(34(20)3)24-12-8-6-9-13-24)32-18-22-16-26(41-5)17-23(29(22)38)19-33-28-21(2)35(4)37(31(28)40)25-14-10-7-11-15-25/h6-19,38H,1-5H3. The summed E-state index contributed by atoms with van der Waals surface area (Å²) in [6.07, 6.45) is 2.84. The van der Waals surface area contributed by atoms with E-state index < -0.39 is 0 Å². The van der Waals surface area contributed by atoms with Crippen molar-refractivity contribution in [2.24, 2.45) is 24.1 Å². The molecule has 0 fully saturated rings. The average molecular weight is 551 g/mol. The summed E-state index contributed by atoms with van der Waals surface area (Å²) < 4.78 is 12.0. The van der Waals surface area contributed by atoms with Gasteiger partial charge in [-0.2, -0.15) is 0 Å². The number of ether oxygens (including phenoxy) is 1. The van der Waals surface area contributed by atoms with Gasteiger partial charge in [-0.05, 0) is 50.2 Å². The van der Waals surface area contributed by atoms with Crippen LogP contribution in [0.15, 0.2) is 92.4 Å². The highest BCUT2D eigenvalue weighted by molar-refractivity contribution is 5.94. The molecule has 0 saturated carbocycles. The van der Waals surface area contributed by atoms with E-state index in [1.807, 2.05) is 60.7 Å². The van der Waals surface area contributed by atoms with Gasteiger partial charge in [0.25, 0.3) is 11.1 Å². The normalized spacial score (nSPS) is 11.6. The Hall–Kier alpha value is -5.38. The van der Waals surface area contributed by atoms with Gasteiger partial charge >= 0.3 is 0 Å². The molecule has 0 saturated heterocycles. The van der Waals surface area contributed by atoms with E-state index in [0.717, 1.165) is 11.4 Å². The lowest BCUT2D eigenvalue weighted by atomic mass is 10.1. The maximum absolute atomic E-state index is 13.2. The van der Waals surface area contributed by atoms with Crippen molar-refractivity contribution in [2.75, 3.05) is 7.11 Å². The molecule has 0 radical (unpaired) electrons. The van der Waals surface area contributed by atoms with Crippen LogP contribution in [0.2, 0.25) is 0 Å². The maximum Gasteiger partial charge on any atom is 0.297 e. The molecule has 2 heterocycles. The van der Waals surface area contributed by atoms with Gasteiger partial charge in [-0.1, -0.05) is 36.4 Å². The number of benzene rings is 3. The van der Waals surface area contributed by atoms with Gasteiger partial charge in [-0.25, -0.2) is 19.3 Å². The summed E-state index contributed by atoms with van der Waals surface area (Å²) in [6.45, 7) is 3.61. The third kappa shape index (κ3) is 4.91. The first-order valence-corrected chi connectivity index (χ1v) is 12.9. The van der Waals surface area contributed by atoms with Crippen molar-refractivity contribution in [2.45, 2.75) is 13.8 Å². The van der Waals surface area contributed by atoms with Crippen LogP contribution in [-0.4, -0.2) is 43.4 Å². The predicted octanol–water partition coefficient (Wildman–Crippen LogP) is 4.50. The van der Waals surface area contributed by atoms with Crippen LogP contribution >= 0.6 is 0 Å². The topological polar surface area (TPSA) is 108 Å². The predicted molar refractivity (Wildman–Crippen MR) is 161 cm³/mol. The minimum absolute atomic E-state index is 0.118. The monoisotopic (exact) mass is 550 g/mol. The molecule has 10 nitrogen and oxygen atoms in total. The van der Waals surface area contributed by atoms with E-state index in [0.29, 0.717) is 28.3 Å². The first-order valence-electron chi connectivity index (χ1n) is 12.9. The first-order chi connectivity index (χ1) is 19.7. The molecule has 5 rings (SSSR count). The molecule has 0 aliphatic rings. The lowest BCUT2D eigenvalue weighted by Gasteiger charge is -2.07. The van der Waals surface area contributed by atoms with Crippen molar-refractivity contribution >= 4 is 23.8 Å². The number of aromatic hydroxyl groups is 1.